The predicted octanol–water partition coefficient (Wildman–Crippen LogP) is 2.94. The van der Waals surface area contributed by atoms with Crippen LogP contribution in [0.1, 0.15) is 18.1 Å². The summed E-state index contributed by atoms with van der Waals surface area (Å²) in [6.45, 7) is 7.66. The Labute approximate surface area is 91.9 Å². The molecule has 1 aromatic carbocycles. The van der Waals surface area contributed by atoms with Gasteiger partial charge in [-0.3, -0.25) is 5.01 Å². The number of rotatable bonds is 4. The summed E-state index contributed by atoms with van der Waals surface area (Å²) in [5.41, 5.74) is 2.50. The fourth-order valence-electron chi connectivity index (χ4n) is 1.18. The van der Waals surface area contributed by atoms with E-state index in [2.05, 4.69) is 62.1 Å². The van der Waals surface area contributed by atoms with Crippen molar-refractivity contribution >= 4 is 12.8 Å². The lowest BCUT2D eigenvalue weighted by atomic mass is 10.1. The summed E-state index contributed by atoms with van der Waals surface area (Å²) in [6, 6.07) is 8.71. The zero-order valence-corrected chi connectivity index (χ0v) is 9.64. The van der Waals surface area contributed by atoms with Crippen molar-refractivity contribution in [3.63, 3.8) is 0 Å². The van der Waals surface area contributed by atoms with Crippen molar-refractivity contribution in [3.8, 4) is 0 Å². The van der Waals surface area contributed by atoms with Crippen LogP contribution in [0.2, 0.25) is 0 Å². The minimum absolute atomic E-state index is 0.267. The molecular formula is C13H18N2. The molecule has 0 aliphatic heterocycles. The zero-order valence-electron chi connectivity index (χ0n) is 9.64. The minimum Gasteiger partial charge on any atom is -0.294 e. The number of aryl methyl sites for hydroxylation is 1. The first-order chi connectivity index (χ1) is 7.13. The van der Waals surface area contributed by atoms with E-state index < -0.39 is 0 Å². The molecule has 1 rings (SSSR count). The van der Waals surface area contributed by atoms with Crippen LogP contribution in [0.5, 0.6) is 0 Å². The van der Waals surface area contributed by atoms with Crippen LogP contribution in [-0.2, 0) is 0 Å². The van der Waals surface area contributed by atoms with E-state index in [1.165, 1.54) is 11.1 Å². The van der Waals surface area contributed by atoms with Crippen molar-refractivity contribution in [2.75, 3.05) is 7.05 Å². The van der Waals surface area contributed by atoms with Crippen LogP contribution < -0.4 is 0 Å². The molecule has 0 fully saturated rings. The predicted molar refractivity (Wildman–Crippen MR) is 67.0 cm³/mol. The first-order valence-corrected chi connectivity index (χ1v) is 5.08. The lowest BCUT2D eigenvalue weighted by Crippen LogP contribution is -2.20. The van der Waals surface area contributed by atoms with Gasteiger partial charge in [0.2, 0.25) is 0 Å². The van der Waals surface area contributed by atoms with Gasteiger partial charge >= 0.3 is 0 Å². The van der Waals surface area contributed by atoms with E-state index in [9.17, 15) is 0 Å². The molecule has 0 saturated heterocycles. The Bertz CT molecular complexity index is 338. The van der Waals surface area contributed by atoms with E-state index in [1.807, 2.05) is 12.1 Å². The maximum absolute atomic E-state index is 3.85. The van der Waals surface area contributed by atoms with Gasteiger partial charge < -0.3 is 0 Å². The SMILES string of the molecule is C=NN(C)C(C)/C=C/c1ccc(C)cc1. The van der Waals surface area contributed by atoms with Crippen LogP contribution >= 0.6 is 0 Å². The van der Waals surface area contributed by atoms with Crippen molar-refractivity contribution in [1.82, 2.24) is 5.01 Å². The molecular weight excluding hydrogens is 184 g/mol. The van der Waals surface area contributed by atoms with Gasteiger partial charge in [-0.15, -0.1) is 0 Å². The molecule has 0 aromatic heterocycles. The third-order valence-corrected chi connectivity index (χ3v) is 2.46. The Hall–Kier alpha value is -1.57. The molecule has 1 aromatic rings. The maximum Gasteiger partial charge on any atom is 0.0622 e. The van der Waals surface area contributed by atoms with Crippen molar-refractivity contribution in [2.45, 2.75) is 19.9 Å². The van der Waals surface area contributed by atoms with E-state index in [-0.39, 0.29) is 6.04 Å². The highest BCUT2D eigenvalue weighted by Gasteiger charge is 1.99. The number of hydrogen-bond donors (Lipinski definition) is 0. The van der Waals surface area contributed by atoms with E-state index in [0.29, 0.717) is 0 Å². The van der Waals surface area contributed by atoms with Gasteiger partial charge in [0.1, 0.15) is 0 Å². The molecule has 0 saturated carbocycles. The third kappa shape index (κ3) is 3.58. The monoisotopic (exact) mass is 202 g/mol. The standard InChI is InChI=1S/C13H18N2/c1-11-5-8-13(9-6-11)10-7-12(2)15(4)14-3/h5-10,12H,3H2,1-2,4H3/b10-7+. The van der Waals surface area contributed by atoms with Gasteiger partial charge in [-0.25, -0.2) is 0 Å². The molecule has 2 heteroatoms. The first kappa shape index (κ1) is 11.5. The summed E-state index contributed by atoms with van der Waals surface area (Å²) in [5.74, 6) is 0. The smallest absolute Gasteiger partial charge is 0.0622 e. The van der Waals surface area contributed by atoms with Gasteiger partial charge in [0, 0.05) is 13.8 Å². The van der Waals surface area contributed by atoms with Crippen LogP contribution in [-0.4, -0.2) is 24.8 Å². The summed E-state index contributed by atoms with van der Waals surface area (Å²) < 4.78 is 0. The Morgan fingerprint density at radius 3 is 2.47 bits per heavy atom. The normalized spacial score (nSPS) is 12.7. The van der Waals surface area contributed by atoms with Gasteiger partial charge in [-0.05, 0) is 19.4 Å². The molecule has 0 aliphatic carbocycles. The van der Waals surface area contributed by atoms with Crippen LogP contribution in [0.25, 0.3) is 6.08 Å². The molecule has 0 amide bonds. The topological polar surface area (TPSA) is 15.6 Å². The summed E-state index contributed by atoms with van der Waals surface area (Å²) in [4.78, 5) is 0. The quantitative estimate of drug-likeness (QED) is 0.541. The third-order valence-electron chi connectivity index (χ3n) is 2.46. The molecule has 1 unspecified atom stereocenters. The van der Waals surface area contributed by atoms with Crippen molar-refractivity contribution in [2.24, 2.45) is 5.10 Å². The number of likely N-dealkylation sites (N-methyl/N-ethyl adjacent to an activating group) is 1. The van der Waals surface area contributed by atoms with Gasteiger partial charge in [0.15, 0.2) is 0 Å². The highest BCUT2D eigenvalue weighted by Crippen LogP contribution is 2.07. The Morgan fingerprint density at radius 2 is 1.93 bits per heavy atom. The van der Waals surface area contributed by atoms with E-state index in [1.54, 1.807) is 0 Å². The Balaban J connectivity index is 2.65. The second kappa shape index (κ2) is 5.35. The maximum atomic E-state index is 3.85. The second-order valence-electron chi connectivity index (χ2n) is 3.73. The molecule has 15 heavy (non-hydrogen) atoms. The van der Waals surface area contributed by atoms with E-state index in [0.717, 1.165) is 0 Å². The van der Waals surface area contributed by atoms with Crippen molar-refractivity contribution in [3.05, 3.63) is 41.5 Å². The highest BCUT2D eigenvalue weighted by atomic mass is 15.4. The average Bonchev–Trinajstić information content (AvgIpc) is 2.26. The van der Waals surface area contributed by atoms with Gasteiger partial charge in [0.25, 0.3) is 0 Å². The minimum atomic E-state index is 0.267. The number of hydrazone groups is 1. The highest BCUT2D eigenvalue weighted by molar-refractivity contribution is 5.50. The summed E-state index contributed by atoms with van der Waals surface area (Å²) >= 11 is 0. The first-order valence-electron chi connectivity index (χ1n) is 5.08. The molecule has 0 aliphatic rings. The summed E-state index contributed by atoms with van der Waals surface area (Å²) in [7, 11) is 1.91. The fourth-order valence-corrected chi connectivity index (χ4v) is 1.18. The van der Waals surface area contributed by atoms with Crippen molar-refractivity contribution in [1.29, 1.82) is 0 Å². The lowest BCUT2D eigenvalue weighted by Gasteiger charge is -2.17. The summed E-state index contributed by atoms with van der Waals surface area (Å²) in [5, 5.41) is 5.67. The van der Waals surface area contributed by atoms with Gasteiger partial charge in [0.05, 0.1) is 6.04 Å². The molecule has 0 spiro atoms. The van der Waals surface area contributed by atoms with Crippen LogP contribution in [0, 0.1) is 6.92 Å². The largest absolute Gasteiger partial charge is 0.294 e. The van der Waals surface area contributed by atoms with Crippen LogP contribution in [0.15, 0.2) is 35.4 Å². The molecule has 0 N–H and O–H groups in total. The van der Waals surface area contributed by atoms with Gasteiger partial charge in [-0.1, -0.05) is 42.0 Å². The summed E-state index contributed by atoms with van der Waals surface area (Å²) in [6.07, 6.45) is 4.21. The molecule has 2 nitrogen and oxygen atoms in total. The fraction of sp³-hybridized carbons (Fsp3) is 0.308. The molecule has 80 valence electrons. The second-order valence-corrected chi connectivity index (χ2v) is 3.73. The number of benzene rings is 1. The van der Waals surface area contributed by atoms with Crippen LogP contribution in [0.4, 0.5) is 0 Å². The Morgan fingerprint density at radius 1 is 1.33 bits per heavy atom. The Kier molecular flexibility index (Phi) is 4.10. The van der Waals surface area contributed by atoms with Gasteiger partial charge in [-0.2, -0.15) is 5.10 Å². The molecule has 1 atom stereocenters. The molecule has 0 bridgehead atoms. The molecule has 0 radical (unpaired) electrons. The van der Waals surface area contributed by atoms with Crippen molar-refractivity contribution < 1.29 is 0 Å². The zero-order chi connectivity index (χ0) is 11.3. The lowest BCUT2D eigenvalue weighted by molar-refractivity contribution is 0.317. The number of nitrogens with zero attached hydrogens (tertiary/aromatic N) is 2. The average molecular weight is 202 g/mol. The molecule has 0 heterocycles. The van der Waals surface area contributed by atoms with E-state index in [4.69, 9.17) is 0 Å². The van der Waals surface area contributed by atoms with E-state index >= 15 is 0 Å². The number of hydrogen-bond acceptors (Lipinski definition) is 2. The van der Waals surface area contributed by atoms with Crippen LogP contribution in [0.3, 0.4) is 0 Å².